The molecule has 1 unspecified atom stereocenters. The van der Waals surface area contributed by atoms with Gasteiger partial charge in [-0.1, -0.05) is 11.2 Å². The van der Waals surface area contributed by atoms with Gasteiger partial charge in [0.15, 0.2) is 0 Å². The Morgan fingerprint density at radius 3 is 2.59 bits per heavy atom. The number of hydrogen-bond donors (Lipinski definition) is 3. The van der Waals surface area contributed by atoms with Crippen LogP contribution in [-0.4, -0.2) is 57.9 Å². The molecule has 32 heavy (non-hydrogen) atoms. The summed E-state index contributed by atoms with van der Waals surface area (Å²) in [6.07, 6.45) is 2.11. The molecule has 2 fully saturated rings. The Balaban J connectivity index is 1.27. The Morgan fingerprint density at radius 1 is 1.03 bits per heavy atom. The Hall–Kier alpha value is -3.60. The molecule has 166 valence electrons. The zero-order chi connectivity index (χ0) is 22.2. The average Bonchev–Trinajstić information content (AvgIpc) is 3.37. The van der Waals surface area contributed by atoms with Crippen LogP contribution in [-0.2, 0) is 16.1 Å². The van der Waals surface area contributed by atoms with Crippen molar-refractivity contribution in [2.45, 2.75) is 44.2 Å². The van der Waals surface area contributed by atoms with Crippen molar-refractivity contribution in [2.24, 2.45) is 0 Å². The Bertz CT molecular complexity index is 1110. The fourth-order valence-electron chi connectivity index (χ4n) is 4.35. The molecule has 5 rings (SSSR count). The highest BCUT2D eigenvalue weighted by molar-refractivity contribution is 6.23. The molecular weight excluding hydrogens is 416 g/mol. The Morgan fingerprint density at radius 2 is 1.81 bits per heavy atom. The van der Waals surface area contributed by atoms with Crippen LogP contribution in [0, 0.1) is 0 Å². The topological polar surface area (TPSA) is 147 Å². The number of nitrogens with one attached hydrogen (secondary N) is 3. The molecule has 3 aliphatic heterocycles. The Labute approximate surface area is 182 Å². The predicted octanol–water partition coefficient (Wildman–Crippen LogP) is 0.550. The molecule has 11 heteroatoms. The van der Waals surface area contributed by atoms with Crippen molar-refractivity contribution in [1.82, 2.24) is 25.7 Å². The Kier molecular flexibility index (Phi) is 5.17. The van der Waals surface area contributed by atoms with Gasteiger partial charge in [0.25, 0.3) is 11.8 Å². The molecule has 4 heterocycles. The minimum Gasteiger partial charge on any atom is -0.408 e. The molecule has 2 aromatic rings. The number of nitrogens with zero attached hydrogens (tertiary/aromatic N) is 3. The van der Waals surface area contributed by atoms with Gasteiger partial charge in [0.05, 0.1) is 11.1 Å². The number of aromatic nitrogens is 2. The van der Waals surface area contributed by atoms with E-state index in [1.807, 2.05) is 0 Å². The van der Waals surface area contributed by atoms with Crippen LogP contribution in [0.1, 0.15) is 63.8 Å². The maximum atomic E-state index is 12.9. The molecule has 4 amide bonds. The van der Waals surface area contributed by atoms with Crippen LogP contribution in [0.2, 0.25) is 0 Å². The number of benzene rings is 1. The lowest BCUT2D eigenvalue weighted by Gasteiger charge is -2.27. The van der Waals surface area contributed by atoms with Gasteiger partial charge in [-0.2, -0.15) is 0 Å². The molecule has 0 saturated carbocycles. The first-order chi connectivity index (χ1) is 15.5. The first kappa shape index (κ1) is 20.3. The summed E-state index contributed by atoms with van der Waals surface area (Å²) in [5.41, 5.74) is 1.23. The van der Waals surface area contributed by atoms with Gasteiger partial charge in [0, 0.05) is 18.9 Å². The molecule has 0 aliphatic carbocycles. The first-order valence-corrected chi connectivity index (χ1v) is 10.6. The van der Waals surface area contributed by atoms with E-state index in [1.54, 1.807) is 18.2 Å². The number of carbonyl (C=O) groups is 4. The number of amides is 4. The van der Waals surface area contributed by atoms with Crippen molar-refractivity contribution in [3.63, 3.8) is 0 Å². The van der Waals surface area contributed by atoms with Crippen molar-refractivity contribution in [2.75, 3.05) is 18.4 Å². The number of imide groups is 2. The van der Waals surface area contributed by atoms with E-state index in [2.05, 4.69) is 26.1 Å². The zero-order valence-corrected chi connectivity index (χ0v) is 17.2. The number of rotatable bonds is 5. The van der Waals surface area contributed by atoms with Crippen LogP contribution in [0.25, 0.3) is 0 Å². The zero-order valence-electron chi connectivity index (χ0n) is 17.2. The average molecular weight is 438 g/mol. The monoisotopic (exact) mass is 438 g/mol. The van der Waals surface area contributed by atoms with Gasteiger partial charge in [-0.05, 0) is 50.0 Å². The highest BCUT2D eigenvalue weighted by Gasteiger charge is 2.44. The van der Waals surface area contributed by atoms with E-state index >= 15 is 0 Å². The lowest BCUT2D eigenvalue weighted by Crippen LogP contribution is -2.54. The predicted molar refractivity (Wildman–Crippen MR) is 110 cm³/mol. The summed E-state index contributed by atoms with van der Waals surface area (Å²) in [5.74, 6) is -1.22. The molecule has 0 radical (unpaired) electrons. The van der Waals surface area contributed by atoms with Gasteiger partial charge in [-0.25, -0.2) is 0 Å². The molecular formula is C21H22N6O5. The van der Waals surface area contributed by atoms with E-state index in [1.165, 1.54) is 0 Å². The molecule has 3 aliphatic rings. The van der Waals surface area contributed by atoms with Crippen molar-refractivity contribution in [3.05, 3.63) is 40.8 Å². The van der Waals surface area contributed by atoms with Crippen molar-refractivity contribution >= 4 is 29.6 Å². The van der Waals surface area contributed by atoms with Gasteiger partial charge < -0.3 is 15.1 Å². The third-order valence-corrected chi connectivity index (χ3v) is 6.08. The lowest BCUT2D eigenvalue weighted by atomic mass is 9.98. The second kappa shape index (κ2) is 8.15. The van der Waals surface area contributed by atoms with Crippen LogP contribution in [0.3, 0.4) is 0 Å². The molecule has 0 spiro atoms. The second-order valence-electron chi connectivity index (χ2n) is 8.15. The second-order valence-corrected chi connectivity index (χ2v) is 8.15. The molecule has 1 aromatic carbocycles. The third-order valence-electron chi connectivity index (χ3n) is 6.08. The highest BCUT2D eigenvalue weighted by Crippen LogP contribution is 2.29. The molecule has 1 aromatic heterocycles. The quantitative estimate of drug-likeness (QED) is 0.569. The first-order valence-electron chi connectivity index (χ1n) is 10.6. The molecule has 2 saturated heterocycles. The summed E-state index contributed by atoms with van der Waals surface area (Å²) >= 11 is 0. The summed E-state index contributed by atoms with van der Waals surface area (Å²) in [5, 5.41) is 16.7. The summed E-state index contributed by atoms with van der Waals surface area (Å²) in [4.78, 5) is 50.2. The number of carbonyl (C=O) groups excluding carboxylic acids is 4. The van der Waals surface area contributed by atoms with Crippen molar-refractivity contribution in [1.29, 1.82) is 0 Å². The van der Waals surface area contributed by atoms with Gasteiger partial charge in [-0.3, -0.25) is 29.4 Å². The maximum Gasteiger partial charge on any atom is 0.315 e. The van der Waals surface area contributed by atoms with Gasteiger partial charge in [-0.15, -0.1) is 5.10 Å². The number of anilines is 1. The van der Waals surface area contributed by atoms with E-state index in [4.69, 9.17) is 4.42 Å². The van der Waals surface area contributed by atoms with Crippen LogP contribution in [0.15, 0.2) is 22.6 Å². The van der Waals surface area contributed by atoms with E-state index in [9.17, 15) is 19.2 Å². The number of piperidine rings is 2. The molecule has 11 nitrogen and oxygen atoms in total. The molecule has 3 N–H and O–H groups in total. The highest BCUT2D eigenvalue weighted by atomic mass is 16.4. The standard InChI is InChI=1S/C21H22N6O5/c28-16-4-3-15(17(29)24-16)27-19(30)13-2-1-11(9-14(13)20(27)31)10-23-21-26-25-18(32-21)12-5-7-22-8-6-12/h1-2,9,12,15,22H,3-8,10H2,(H,23,26)(H,24,28,29). The fourth-order valence-corrected chi connectivity index (χ4v) is 4.35. The summed E-state index contributed by atoms with van der Waals surface area (Å²) < 4.78 is 5.73. The van der Waals surface area contributed by atoms with Gasteiger partial charge in [0.2, 0.25) is 17.7 Å². The SMILES string of the molecule is O=C1CCC(N2C(=O)c3ccc(CNc4nnc(C5CCNCC5)o4)cc3C2=O)C(=O)N1. The van der Waals surface area contributed by atoms with Crippen LogP contribution in [0.5, 0.6) is 0 Å². The minimum absolute atomic E-state index is 0.0858. The van der Waals surface area contributed by atoms with Crippen LogP contribution >= 0.6 is 0 Å². The molecule has 1 atom stereocenters. The normalized spacial score (nSPS) is 21.6. The number of hydrogen-bond acceptors (Lipinski definition) is 9. The largest absolute Gasteiger partial charge is 0.408 e. The van der Waals surface area contributed by atoms with Crippen LogP contribution < -0.4 is 16.0 Å². The summed E-state index contributed by atoms with van der Waals surface area (Å²) in [7, 11) is 0. The van der Waals surface area contributed by atoms with Crippen LogP contribution in [0.4, 0.5) is 6.01 Å². The third kappa shape index (κ3) is 3.64. The minimum atomic E-state index is -0.978. The van der Waals surface area contributed by atoms with E-state index in [-0.39, 0.29) is 29.9 Å². The van der Waals surface area contributed by atoms with E-state index < -0.39 is 29.7 Å². The van der Waals surface area contributed by atoms with E-state index in [0.717, 1.165) is 36.4 Å². The fraction of sp³-hybridized carbons (Fsp3) is 0.429. The number of fused-ring (bicyclic) bond motifs is 1. The van der Waals surface area contributed by atoms with Gasteiger partial charge in [0.1, 0.15) is 6.04 Å². The van der Waals surface area contributed by atoms with Gasteiger partial charge >= 0.3 is 6.01 Å². The van der Waals surface area contributed by atoms with Crippen molar-refractivity contribution in [3.8, 4) is 0 Å². The smallest absolute Gasteiger partial charge is 0.315 e. The van der Waals surface area contributed by atoms with E-state index in [0.29, 0.717) is 18.5 Å². The summed E-state index contributed by atoms with van der Waals surface area (Å²) in [6.45, 7) is 2.17. The van der Waals surface area contributed by atoms with Crippen molar-refractivity contribution < 1.29 is 23.6 Å². The lowest BCUT2D eigenvalue weighted by molar-refractivity contribution is -0.136. The molecule has 0 bridgehead atoms. The summed E-state index contributed by atoms with van der Waals surface area (Å²) in [6, 6.07) is 4.25. The maximum absolute atomic E-state index is 12.9.